The fraction of sp³-hybridized carbons (Fsp3) is 0.500. The predicted octanol–water partition coefficient (Wildman–Crippen LogP) is 0.635. The summed E-state index contributed by atoms with van der Waals surface area (Å²) in [6.07, 6.45) is -5.03. The molecule has 0 fully saturated rings. The highest BCUT2D eigenvalue weighted by Crippen LogP contribution is 2.19. The molecule has 0 aromatic heterocycles. The van der Waals surface area contributed by atoms with Gasteiger partial charge in [0.15, 0.2) is 0 Å². The third-order valence-corrected chi connectivity index (χ3v) is 0.981. The number of hydrogen-bond acceptors (Lipinski definition) is 2. The third kappa shape index (κ3) is 4.41. The zero-order valence-electron chi connectivity index (χ0n) is 5.73. The largest absolute Gasteiger partial charge is 0.545 e. The lowest BCUT2D eigenvalue weighted by atomic mass is 10.2. The van der Waals surface area contributed by atoms with Crippen molar-refractivity contribution in [2.24, 2.45) is 0 Å². The van der Waals surface area contributed by atoms with Crippen molar-refractivity contribution in [2.75, 3.05) is 0 Å². The predicted molar refractivity (Wildman–Crippen MR) is 29.4 cm³/mol. The molecule has 0 aliphatic heterocycles. The van der Waals surface area contributed by atoms with Crippen LogP contribution in [0.25, 0.3) is 0 Å². The van der Waals surface area contributed by atoms with E-state index in [0.717, 1.165) is 0 Å². The quantitative estimate of drug-likeness (QED) is 0.566. The van der Waals surface area contributed by atoms with Gasteiger partial charge in [0.25, 0.3) is 0 Å². The number of rotatable bonds is 2. The van der Waals surface area contributed by atoms with Gasteiger partial charge in [-0.15, -0.1) is 0 Å². The van der Waals surface area contributed by atoms with Gasteiger partial charge in [0.1, 0.15) is 0 Å². The van der Waals surface area contributed by atoms with E-state index in [0.29, 0.717) is 0 Å². The van der Waals surface area contributed by atoms with Crippen molar-refractivity contribution in [3.63, 3.8) is 0 Å². The van der Waals surface area contributed by atoms with E-state index in [4.69, 9.17) is 0 Å². The van der Waals surface area contributed by atoms with Crippen molar-refractivity contribution >= 4 is 5.97 Å². The Balaban J connectivity index is 4.49. The van der Waals surface area contributed by atoms with E-state index in [-0.39, 0.29) is 12.5 Å². The molecule has 0 radical (unpaired) electrons. The van der Waals surface area contributed by atoms with E-state index in [2.05, 4.69) is 0 Å². The van der Waals surface area contributed by atoms with Crippen LogP contribution in [-0.2, 0) is 4.79 Å². The van der Waals surface area contributed by atoms with Gasteiger partial charge < -0.3 is 9.90 Å². The van der Waals surface area contributed by atoms with Gasteiger partial charge in [0, 0.05) is 6.08 Å². The molecule has 0 amide bonds. The average Bonchev–Trinajstić information content (AvgIpc) is 1.80. The lowest BCUT2D eigenvalue weighted by Crippen LogP contribution is -2.25. The summed E-state index contributed by atoms with van der Waals surface area (Å²) in [5.41, 5.74) is -0.738. The molecule has 0 unspecified atom stereocenters. The topological polar surface area (TPSA) is 40.1 Å². The minimum atomic E-state index is -4.58. The SMILES string of the molecule is CC/C(=C\C(F)(F)F)C(=O)[O-]. The molecule has 0 aromatic carbocycles. The summed E-state index contributed by atoms with van der Waals surface area (Å²) in [5, 5.41) is 9.93. The van der Waals surface area contributed by atoms with Crippen LogP contribution in [0.3, 0.4) is 0 Å². The zero-order chi connectivity index (χ0) is 9.07. The summed E-state index contributed by atoms with van der Waals surface area (Å²) < 4.78 is 34.5. The second kappa shape index (κ2) is 3.41. The van der Waals surface area contributed by atoms with Gasteiger partial charge in [-0.2, -0.15) is 13.2 Å². The van der Waals surface area contributed by atoms with E-state index in [1.165, 1.54) is 6.92 Å². The van der Waals surface area contributed by atoms with Crippen LogP contribution in [-0.4, -0.2) is 12.1 Å². The van der Waals surface area contributed by atoms with Gasteiger partial charge in [-0.25, -0.2) is 0 Å². The fourth-order valence-electron chi connectivity index (χ4n) is 0.503. The molecular weight excluding hydrogens is 161 g/mol. The highest BCUT2D eigenvalue weighted by Gasteiger charge is 2.24. The molecule has 0 heterocycles. The smallest absolute Gasteiger partial charge is 0.410 e. The molecule has 0 aliphatic carbocycles. The molecule has 0 N–H and O–H groups in total. The van der Waals surface area contributed by atoms with E-state index in [9.17, 15) is 23.1 Å². The minimum absolute atomic E-state index is 0.193. The van der Waals surface area contributed by atoms with E-state index in [1.807, 2.05) is 0 Å². The van der Waals surface area contributed by atoms with E-state index >= 15 is 0 Å². The standard InChI is InChI=1S/C6H7F3O2/c1-2-4(5(10)11)3-6(7,8)9/h3H,2H2,1H3,(H,10,11)/p-1/b4-3+. The number of carboxylic acid groups (broad SMARTS) is 1. The van der Waals surface area contributed by atoms with Crippen molar-refractivity contribution in [3.8, 4) is 0 Å². The van der Waals surface area contributed by atoms with Crippen molar-refractivity contribution in [3.05, 3.63) is 11.6 Å². The molecule has 0 atom stereocenters. The summed E-state index contributed by atoms with van der Waals surface area (Å²) in [6, 6.07) is 0. The number of carboxylic acids is 1. The van der Waals surface area contributed by atoms with E-state index < -0.39 is 17.7 Å². The summed E-state index contributed by atoms with van der Waals surface area (Å²) >= 11 is 0. The average molecular weight is 167 g/mol. The van der Waals surface area contributed by atoms with Crippen LogP contribution in [0.4, 0.5) is 13.2 Å². The number of aliphatic carboxylic acids is 1. The molecular formula is C6H6F3O2-. The molecule has 0 aromatic rings. The fourth-order valence-corrected chi connectivity index (χ4v) is 0.503. The first-order valence-electron chi connectivity index (χ1n) is 2.86. The maximum atomic E-state index is 11.5. The normalized spacial score (nSPS) is 13.3. The summed E-state index contributed by atoms with van der Waals surface area (Å²) in [4.78, 5) is 9.93. The first-order valence-corrected chi connectivity index (χ1v) is 2.86. The Labute approximate surface area is 61.3 Å². The van der Waals surface area contributed by atoms with Gasteiger partial charge in [0.05, 0.1) is 5.97 Å². The van der Waals surface area contributed by atoms with Crippen LogP contribution in [0.15, 0.2) is 11.6 Å². The Bertz CT molecular complexity index is 181. The number of halogens is 3. The van der Waals surface area contributed by atoms with Crippen molar-refractivity contribution in [2.45, 2.75) is 19.5 Å². The summed E-state index contributed by atoms with van der Waals surface area (Å²) in [6.45, 7) is 1.31. The molecule has 2 nitrogen and oxygen atoms in total. The Morgan fingerprint density at radius 2 is 2.00 bits per heavy atom. The number of hydrogen-bond donors (Lipinski definition) is 0. The lowest BCUT2D eigenvalue weighted by Gasteiger charge is -2.06. The molecule has 64 valence electrons. The van der Waals surface area contributed by atoms with Crippen molar-refractivity contribution in [1.29, 1.82) is 0 Å². The second-order valence-electron chi connectivity index (χ2n) is 1.85. The first kappa shape index (κ1) is 10.0. The van der Waals surface area contributed by atoms with Crippen LogP contribution >= 0.6 is 0 Å². The minimum Gasteiger partial charge on any atom is -0.545 e. The molecule has 0 rings (SSSR count). The molecule has 11 heavy (non-hydrogen) atoms. The number of carbonyl (C=O) groups excluding carboxylic acids is 1. The molecule has 0 spiro atoms. The Morgan fingerprint density at radius 1 is 1.55 bits per heavy atom. The maximum Gasteiger partial charge on any atom is 0.410 e. The van der Waals surface area contributed by atoms with Crippen molar-refractivity contribution < 1.29 is 23.1 Å². The van der Waals surface area contributed by atoms with Gasteiger partial charge >= 0.3 is 6.18 Å². The summed E-state index contributed by atoms with van der Waals surface area (Å²) in [7, 11) is 0. The zero-order valence-corrected chi connectivity index (χ0v) is 5.73. The highest BCUT2D eigenvalue weighted by molar-refractivity contribution is 5.84. The second-order valence-corrected chi connectivity index (χ2v) is 1.85. The van der Waals surface area contributed by atoms with Crippen LogP contribution in [0.5, 0.6) is 0 Å². The molecule has 0 saturated heterocycles. The van der Waals surface area contributed by atoms with Gasteiger partial charge in [-0.05, 0) is 12.0 Å². The van der Waals surface area contributed by atoms with E-state index in [1.54, 1.807) is 0 Å². The van der Waals surface area contributed by atoms with Crippen LogP contribution in [0.1, 0.15) is 13.3 Å². The Kier molecular flexibility index (Phi) is 3.10. The number of allylic oxidation sites excluding steroid dienone is 1. The molecule has 5 heteroatoms. The molecule has 0 bridgehead atoms. The van der Waals surface area contributed by atoms with Crippen molar-refractivity contribution in [1.82, 2.24) is 0 Å². The number of alkyl halides is 3. The van der Waals surface area contributed by atoms with Crippen LogP contribution < -0.4 is 5.11 Å². The van der Waals surface area contributed by atoms with Gasteiger partial charge in [-0.1, -0.05) is 6.92 Å². The number of carbonyl (C=O) groups is 1. The Hall–Kier alpha value is -1.00. The monoisotopic (exact) mass is 167 g/mol. The summed E-state index contributed by atoms with van der Waals surface area (Å²) in [5.74, 6) is -1.77. The highest BCUT2D eigenvalue weighted by atomic mass is 19.4. The van der Waals surface area contributed by atoms with Gasteiger partial charge in [0.2, 0.25) is 0 Å². The van der Waals surface area contributed by atoms with Gasteiger partial charge in [-0.3, -0.25) is 0 Å². The maximum absolute atomic E-state index is 11.5. The molecule has 0 saturated carbocycles. The first-order chi connectivity index (χ1) is 4.87. The van der Waals surface area contributed by atoms with Crippen LogP contribution in [0.2, 0.25) is 0 Å². The third-order valence-electron chi connectivity index (χ3n) is 0.981. The Morgan fingerprint density at radius 3 is 2.09 bits per heavy atom. The van der Waals surface area contributed by atoms with Crippen LogP contribution in [0, 0.1) is 0 Å². The molecule has 0 aliphatic rings. The lowest BCUT2D eigenvalue weighted by molar-refractivity contribution is -0.299.